The van der Waals surface area contributed by atoms with E-state index in [1.165, 1.54) is 13.2 Å². The van der Waals surface area contributed by atoms with E-state index in [0.29, 0.717) is 11.0 Å². The Morgan fingerprint density at radius 1 is 1.35 bits per heavy atom. The molecule has 0 N–H and O–H groups in total. The van der Waals surface area contributed by atoms with Crippen molar-refractivity contribution < 1.29 is 13.9 Å². The van der Waals surface area contributed by atoms with Crippen LogP contribution in [0.3, 0.4) is 0 Å². The molecule has 2 rings (SSSR count). The normalized spacial score (nSPS) is 10.5. The SMILES string of the molecule is CCc1ccc2cc(C(=O)OC)c(=O)oc2c1. The van der Waals surface area contributed by atoms with Crippen LogP contribution >= 0.6 is 0 Å². The van der Waals surface area contributed by atoms with Crippen molar-refractivity contribution in [1.82, 2.24) is 0 Å². The number of hydrogen-bond acceptors (Lipinski definition) is 4. The molecule has 0 atom stereocenters. The molecule has 0 radical (unpaired) electrons. The number of ether oxygens (including phenoxy) is 1. The average Bonchev–Trinajstić information content (AvgIpc) is 2.36. The number of esters is 1. The Morgan fingerprint density at radius 3 is 2.76 bits per heavy atom. The van der Waals surface area contributed by atoms with Crippen LogP contribution in [-0.2, 0) is 11.2 Å². The summed E-state index contributed by atoms with van der Waals surface area (Å²) < 4.78 is 9.61. The van der Waals surface area contributed by atoms with E-state index in [2.05, 4.69) is 4.74 Å². The Balaban J connectivity index is 2.66. The first-order valence-corrected chi connectivity index (χ1v) is 5.30. The van der Waals surface area contributed by atoms with Gasteiger partial charge in [-0.3, -0.25) is 0 Å². The van der Waals surface area contributed by atoms with E-state index in [0.717, 1.165) is 12.0 Å². The molecule has 1 aromatic heterocycles. The van der Waals surface area contributed by atoms with Crippen molar-refractivity contribution in [2.24, 2.45) is 0 Å². The first-order valence-electron chi connectivity index (χ1n) is 5.30. The summed E-state index contributed by atoms with van der Waals surface area (Å²) in [5, 5.41) is 0.710. The summed E-state index contributed by atoms with van der Waals surface area (Å²) >= 11 is 0. The maximum absolute atomic E-state index is 11.6. The van der Waals surface area contributed by atoms with Gasteiger partial charge in [0, 0.05) is 5.39 Å². The van der Waals surface area contributed by atoms with Crippen LogP contribution in [0.1, 0.15) is 22.8 Å². The Kier molecular flexibility index (Phi) is 2.95. The van der Waals surface area contributed by atoms with Crippen LogP contribution in [0.5, 0.6) is 0 Å². The summed E-state index contributed by atoms with van der Waals surface area (Å²) in [5.41, 5.74) is 0.815. The first kappa shape index (κ1) is 11.4. The zero-order valence-electron chi connectivity index (χ0n) is 9.65. The molecule has 4 heteroatoms. The van der Waals surface area contributed by atoms with Crippen molar-refractivity contribution in [2.45, 2.75) is 13.3 Å². The lowest BCUT2D eigenvalue weighted by atomic mass is 10.1. The summed E-state index contributed by atoms with van der Waals surface area (Å²) in [5.74, 6) is -0.680. The minimum absolute atomic E-state index is 0.0794. The smallest absolute Gasteiger partial charge is 0.351 e. The fourth-order valence-corrected chi connectivity index (χ4v) is 1.63. The van der Waals surface area contributed by atoms with Crippen molar-refractivity contribution in [3.8, 4) is 0 Å². The van der Waals surface area contributed by atoms with Gasteiger partial charge in [-0.05, 0) is 24.1 Å². The van der Waals surface area contributed by atoms with Gasteiger partial charge >= 0.3 is 11.6 Å². The second-order valence-electron chi connectivity index (χ2n) is 3.66. The molecule has 0 fully saturated rings. The Hall–Kier alpha value is -2.10. The van der Waals surface area contributed by atoms with Crippen LogP contribution in [0.15, 0.2) is 33.5 Å². The summed E-state index contributed by atoms with van der Waals surface area (Å²) in [4.78, 5) is 22.9. The van der Waals surface area contributed by atoms with Gasteiger partial charge in [0.25, 0.3) is 0 Å². The number of benzene rings is 1. The van der Waals surface area contributed by atoms with E-state index in [9.17, 15) is 9.59 Å². The Labute approximate surface area is 97.8 Å². The van der Waals surface area contributed by atoms with Crippen molar-refractivity contribution in [2.75, 3.05) is 7.11 Å². The van der Waals surface area contributed by atoms with E-state index < -0.39 is 11.6 Å². The number of hydrogen-bond donors (Lipinski definition) is 0. The quantitative estimate of drug-likeness (QED) is 0.588. The molecular weight excluding hydrogens is 220 g/mol. The molecule has 0 spiro atoms. The topological polar surface area (TPSA) is 56.5 Å². The molecule has 1 heterocycles. The van der Waals surface area contributed by atoms with E-state index in [4.69, 9.17) is 4.42 Å². The maximum atomic E-state index is 11.6. The fourth-order valence-electron chi connectivity index (χ4n) is 1.63. The van der Waals surface area contributed by atoms with Gasteiger partial charge in [-0.1, -0.05) is 19.1 Å². The molecule has 88 valence electrons. The highest BCUT2D eigenvalue weighted by Gasteiger charge is 2.13. The van der Waals surface area contributed by atoms with Crippen LogP contribution in [0.2, 0.25) is 0 Å². The molecule has 0 saturated carbocycles. The highest BCUT2D eigenvalue weighted by Crippen LogP contribution is 2.16. The van der Waals surface area contributed by atoms with Crippen LogP contribution in [0.25, 0.3) is 11.0 Å². The molecular formula is C13H12O4. The van der Waals surface area contributed by atoms with E-state index in [1.54, 1.807) is 6.07 Å². The van der Waals surface area contributed by atoms with Gasteiger partial charge in [-0.25, -0.2) is 9.59 Å². The molecule has 0 saturated heterocycles. The third-order valence-electron chi connectivity index (χ3n) is 2.61. The van der Waals surface area contributed by atoms with Gasteiger partial charge in [0.05, 0.1) is 7.11 Å². The largest absolute Gasteiger partial charge is 0.465 e. The van der Waals surface area contributed by atoms with Gasteiger partial charge in [0.1, 0.15) is 11.1 Å². The lowest BCUT2D eigenvalue weighted by molar-refractivity contribution is 0.0596. The van der Waals surface area contributed by atoms with Gasteiger partial charge in [-0.2, -0.15) is 0 Å². The van der Waals surface area contributed by atoms with E-state index in [-0.39, 0.29) is 5.56 Å². The third-order valence-corrected chi connectivity index (χ3v) is 2.61. The molecule has 17 heavy (non-hydrogen) atoms. The number of fused-ring (bicyclic) bond motifs is 1. The zero-order valence-corrected chi connectivity index (χ0v) is 9.65. The first-order chi connectivity index (χ1) is 8.15. The highest BCUT2D eigenvalue weighted by atomic mass is 16.5. The van der Waals surface area contributed by atoms with Gasteiger partial charge in [0.2, 0.25) is 0 Å². The lowest BCUT2D eigenvalue weighted by Gasteiger charge is -2.02. The molecule has 0 aliphatic rings. The number of aryl methyl sites for hydroxylation is 1. The van der Waals surface area contributed by atoms with Gasteiger partial charge in [-0.15, -0.1) is 0 Å². The minimum atomic E-state index is -0.680. The zero-order chi connectivity index (χ0) is 12.4. The van der Waals surface area contributed by atoms with Crippen molar-refractivity contribution in [3.05, 3.63) is 45.8 Å². The average molecular weight is 232 g/mol. The predicted octanol–water partition coefficient (Wildman–Crippen LogP) is 2.14. The molecule has 0 bridgehead atoms. The van der Waals surface area contributed by atoms with Crippen molar-refractivity contribution in [3.63, 3.8) is 0 Å². The molecule has 1 aromatic carbocycles. The summed E-state index contributed by atoms with van der Waals surface area (Å²) in [6.07, 6.45) is 0.860. The number of carbonyl (C=O) groups is 1. The van der Waals surface area contributed by atoms with Gasteiger partial charge < -0.3 is 9.15 Å². The van der Waals surface area contributed by atoms with Crippen LogP contribution in [0, 0.1) is 0 Å². The van der Waals surface area contributed by atoms with E-state index >= 15 is 0 Å². The van der Waals surface area contributed by atoms with Crippen LogP contribution < -0.4 is 5.63 Å². The third kappa shape index (κ3) is 2.06. The number of rotatable bonds is 2. The Morgan fingerprint density at radius 2 is 2.12 bits per heavy atom. The van der Waals surface area contributed by atoms with Crippen molar-refractivity contribution in [1.29, 1.82) is 0 Å². The monoisotopic (exact) mass is 232 g/mol. The highest BCUT2D eigenvalue weighted by molar-refractivity contribution is 5.92. The minimum Gasteiger partial charge on any atom is -0.465 e. The predicted molar refractivity (Wildman–Crippen MR) is 63.2 cm³/mol. The lowest BCUT2D eigenvalue weighted by Crippen LogP contribution is -2.14. The van der Waals surface area contributed by atoms with Gasteiger partial charge in [0.15, 0.2) is 0 Å². The fraction of sp³-hybridized carbons (Fsp3) is 0.231. The number of methoxy groups -OCH3 is 1. The molecule has 0 aliphatic heterocycles. The second kappa shape index (κ2) is 4.41. The summed E-state index contributed by atoms with van der Waals surface area (Å²) in [6, 6.07) is 7.05. The second-order valence-corrected chi connectivity index (χ2v) is 3.66. The van der Waals surface area contributed by atoms with Crippen LogP contribution in [-0.4, -0.2) is 13.1 Å². The Bertz CT molecular complexity index is 625. The molecule has 4 nitrogen and oxygen atoms in total. The van der Waals surface area contributed by atoms with Crippen LogP contribution in [0.4, 0.5) is 0 Å². The molecule has 2 aromatic rings. The molecule has 0 aliphatic carbocycles. The molecule has 0 unspecified atom stereocenters. The summed E-state index contributed by atoms with van der Waals surface area (Å²) in [7, 11) is 1.23. The van der Waals surface area contributed by atoms with E-state index in [1.807, 2.05) is 19.1 Å². The maximum Gasteiger partial charge on any atom is 0.351 e. The summed E-state index contributed by atoms with van der Waals surface area (Å²) in [6.45, 7) is 2.02. The standard InChI is InChI=1S/C13H12O4/c1-3-8-4-5-9-7-10(12(14)16-2)13(15)17-11(9)6-8/h4-7H,3H2,1-2H3. The number of carbonyl (C=O) groups excluding carboxylic acids is 1. The molecule has 0 amide bonds. The van der Waals surface area contributed by atoms with Crippen molar-refractivity contribution >= 4 is 16.9 Å².